The zero-order chi connectivity index (χ0) is 16.3. The summed E-state index contributed by atoms with van der Waals surface area (Å²) in [6.45, 7) is 0. The summed E-state index contributed by atoms with van der Waals surface area (Å²) in [5, 5.41) is 13.1. The van der Waals surface area contributed by atoms with E-state index in [0.717, 1.165) is 6.20 Å². The molecular weight excluding hydrogens is 325 g/mol. The quantitative estimate of drug-likeness (QED) is 0.791. The molecule has 22 heavy (non-hydrogen) atoms. The monoisotopic (exact) mass is 332 g/mol. The van der Waals surface area contributed by atoms with Gasteiger partial charge in [0.2, 0.25) is 5.95 Å². The minimum atomic E-state index is -4.84. The van der Waals surface area contributed by atoms with Gasteiger partial charge >= 0.3 is 12.3 Å². The number of anilines is 3. The van der Waals surface area contributed by atoms with Crippen LogP contribution in [0.25, 0.3) is 0 Å². The van der Waals surface area contributed by atoms with E-state index in [4.69, 9.17) is 16.7 Å². The SMILES string of the molecule is O=C(O)Nc1cnc(Nc2cccc(Cl)c2)nc1C(F)(F)F. The van der Waals surface area contributed by atoms with Gasteiger partial charge in [-0.2, -0.15) is 13.2 Å². The van der Waals surface area contributed by atoms with E-state index in [1.54, 1.807) is 23.5 Å². The molecule has 1 amide bonds. The molecule has 0 radical (unpaired) electrons. The highest BCUT2D eigenvalue weighted by Crippen LogP contribution is 2.33. The summed E-state index contributed by atoms with van der Waals surface area (Å²) < 4.78 is 38.7. The van der Waals surface area contributed by atoms with Gasteiger partial charge in [-0.1, -0.05) is 17.7 Å². The second-order valence-electron chi connectivity index (χ2n) is 4.02. The van der Waals surface area contributed by atoms with Gasteiger partial charge in [0.05, 0.1) is 11.9 Å². The van der Waals surface area contributed by atoms with Crippen LogP contribution in [0.5, 0.6) is 0 Å². The Morgan fingerprint density at radius 3 is 2.64 bits per heavy atom. The lowest BCUT2D eigenvalue weighted by atomic mass is 10.3. The maximum atomic E-state index is 12.9. The Balaban J connectivity index is 2.36. The Morgan fingerprint density at radius 2 is 2.05 bits per heavy atom. The highest BCUT2D eigenvalue weighted by atomic mass is 35.5. The number of carboxylic acid groups (broad SMARTS) is 1. The van der Waals surface area contributed by atoms with Crippen LogP contribution >= 0.6 is 11.6 Å². The van der Waals surface area contributed by atoms with Crippen molar-refractivity contribution in [2.45, 2.75) is 6.18 Å². The van der Waals surface area contributed by atoms with Gasteiger partial charge in [0, 0.05) is 10.7 Å². The number of benzene rings is 1. The highest BCUT2D eigenvalue weighted by molar-refractivity contribution is 6.30. The van der Waals surface area contributed by atoms with Gasteiger partial charge in [0.25, 0.3) is 0 Å². The number of alkyl halides is 3. The van der Waals surface area contributed by atoms with Crippen molar-refractivity contribution in [1.29, 1.82) is 0 Å². The number of halogens is 4. The molecular formula is C12H8ClF3N4O2. The lowest BCUT2D eigenvalue weighted by molar-refractivity contribution is -0.140. The molecule has 0 aliphatic carbocycles. The number of nitrogens with one attached hydrogen (secondary N) is 2. The second-order valence-corrected chi connectivity index (χ2v) is 4.46. The van der Waals surface area contributed by atoms with Crippen LogP contribution in [0, 0.1) is 0 Å². The van der Waals surface area contributed by atoms with E-state index in [9.17, 15) is 18.0 Å². The van der Waals surface area contributed by atoms with Crippen molar-refractivity contribution in [2.24, 2.45) is 0 Å². The number of aromatic nitrogens is 2. The summed E-state index contributed by atoms with van der Waals surface area (Å²) >= 11 is 5.76. The Bertz CT molecular complexity index is 709. The molecule has 1 aromatic carbocycles. The molecule has 0 spiro atoms. The van der Waals surface area contributed by atoms with Crippen LogP contribution in [-0.4, -0.2) is 21.2 Å². The molecule has 0 saturated heterocycles. The Labute approximate surface area is 127 Å². The van der Waals surface area contributed by atoms with Gasteiger partial charge in [-0.3, -0.25) is 5.32 Å². The second kappa shape index (κ2) is 6.06. The first-order valence-corrected chi connectivity index (χ1v) is 6.10. The van der Waals surface area contributed by atoms with E-state index in [0.29, 0.717) is 10.7 Å². The van der Waals surface area contributed by atoms with Crippen LogP contribution in [-0.2, 0) is 6.18 Å². The zero-order valence-corrected chi connectivity index (χ0v) is 11.4. The van der Waals surface area contributed by atoms with E-state index >= 15 is 0 Å². The third kappa shape index (κ3) is 3.98. The lowest BCUT2D eigenvalue weighted by Gasteiger charge is -2.13. The van der Waals surface area contributed by atoms with Gasteiger partial charge in [-0.25, -0.2) is 14.8 Å². The van der Waals surface area contributed by atoms with E-state index < -0.39 is 23.7 Å². The fourth-order valence-electron chi connectivity index (χ4n) is 1.56. The molecule has 2 rings (SSSR count). The largest absolute Gasteiger partial charge is 0.465 e. The van der Waals surface area contributed by atoms with Crippen LogP contribution in [0.1, 0.15) is 5.69 Å². The molecule has 1 heterocycles. The predicted octanol–water partition coefficient (Wildman–Crippen LogP) is 3.98. The fourth-order valence-corrected chi connectivity index (χ4v) is 1.75. The molecule has 116 valence electrons. The summed E-state index contributed by atoms with van der Waals surface area (Å²) in [6.07, 6.45) is -5.76. The third-order valence-corrected chi connectivity index (χ3v) is 2.61. The highest BCUT2D eigenvalue weighted by Gasteiger charge is 2.37. The molecule has 0 bridgehead atoms. The molecule has 2 aromatic rings. The Hall–Kier alpha value is -2.55. The molecule has 0 fully saturated rings. The molecule has 1 aromatic heterocycles. The van der Waals surface area contributed by atoms with Crippen molar-refractivity contribution < 1.29 is 23.1 Å². The van der Waals surface area contributed by atoms with Crippen LogP contribution < -0.4 is 10.6 Å². The molecule has 0 saturated carbocycles. The maximum absolute atomic E-state index is 12.9. The van der Waals surface area contributed by atoms with E-state index in [-0.39, 0.29) is 5.95 Å². The predicted molar refractivity (Wildman–Crippen MR) is 73.4 cm³/mol. The number of amides is 1. The van der Waals surface area contributed by atoms with Gasteiger partial charge in [0.1, 0.15) is 0 Å². The van der Waals surface area contributed by atoms with E-state index in [1.807, 2.05) is 0 Å². The number of hydrogen-bond acceptors (Lipinski definition) is 4. The number of carbonyl (C=O) groups is 1. The van der Waals surface area contributed by atoms with Crippen molar-refractivity contribution in [2.75, 3.05) is 10.6 Å². The van der Waals surface area contributed by atoms with Crippen molar-refractivity contribution >= 4 is 35.0 Å². The van der Waals surface area contributed by atoms with Gasteiger partial charge in [-0.15, -0.1) is 0 Å². The molecule has 0 aliphatic rings. The first kappa shape index (κ1) is 15.8. The first-order valence-electron chi connectivity index (χ1n) is 5.72. The maximum Gasteiger partial charge on any atom is 0.435 e. The summed E-state index contributed by atoms with van der Waals surface area (Å²) in [6, 6.07) is 6.22. The van der Waals surface area contributed by atoms with Crippen LogP contribution in [0.15, 0.2) is 30.5 Å². The summed E-state index contributed by atoms with van der Waals surface area (Å²) in [7, 11) is 0. The molecule has 6 nitrogen and oxygen atoms in total. The number of rotatable bonds is 3. The Morgan fingerprint density at radius 1 is 1.32 bits per heavy atom. The van der Waals surface area contributed by atoms with Crippen molar-refractivity contribution in [1.82, 2.24) is 9.97 Å². The van der Waals surface area contributed by atoms with Crippen molar-refractivity contribution in [3.8, 4) is 0 Å². The van der Waals surface area contributed by atoms with Gasteiger partial charge in [0.15, 0.2) is 5.69 Å². The standard InChI is InChI=1S/C12H8ClF3N4O2/c13-6-2-1-3-7(4-6)18-10-17-5-8(19-11(21)22)9(20-10)12(14,15)16/h1-5,19H,(H,21,22)(H,17,18,20). The summed E-state index contributed by atoms with van der Waals surface area (Å²) in [5.41, 5.74) is -1.76. The molecule has 0 atom stereocenters. The van der Waals surface area contributed by atoms with Crippen molar-refractivity contribution in [3.05, 3.63) is 41.2 Å². The van der Waals surface area contributed by atoms with Crippen molar-refractivity contribution in [3.63, 3.8) is 0 Å². The minimum absolute atomic E-state index is 0.342. The van der Waals surface area contributed by atoms with Gasteiger partial charge in [-0.05, 0) is 18.2 Å². The normalized spacial score (nSPS) is 11.1. The lowest BCUT2D eigenvalue weighted by Crippen LogP contribution is -2.17. The minimum Gasteiger partial charge on any atom is -0.465 e. The molecule has 10 heteroatoms. The molecule has 0 aliphatic heterocycles. The summed E-state index contributed by atoms with van der Waals surface area (Å²) in [4.78, 5) is 17.4. The molecule has 3 N–H and O–H groups in total. The van der Waals surface area contributed by atoms with Crippen LogP contribution in [0.3, 0.4) is 0 Å². The van der Waals surface area contributed by atoms with E-state index in [2.05, 4.69) is 15.3 Å². The smallest absolute Gasteiger partial charge is 0.435 e. The number of nitrogens with zero attached hydrogens (tertiary/aromatic N) is 2. The molecule has 0 unspecified atom stereocenters. The van der Waals surface area contributed by atoms with Gasteiger partial charge < -0.3 is 10.4 Å². The van der Waals surface area contributed by atoms with Crippen LogP contribution in [0.2, 0.25) is 5.02 Å². The topological polar surface area (TPSA) is 87.1 Å². The van der Waals surface area contributed by atoms with E-state index in [1.165, 1.54) is 6.07 Å². The van der Waals surface area contributed by atoms with Crippen LogP contribution in [0.4, 0.5) is 35.3 Å². The average Bonchev–Trinajstić information content (AvgIpc) is 2.39. The fraction of sp³-hybridized carbons (Fsp3) is 0.0833. The number of hydrogen-bond donors (Lipinski definition) is 3. The zero-order valence-electron chi connectivity index (χ0n) is 10.6. The Kier molecular flexibility index (Phi) is 4.36. The average molecular weight is 333 g/mol. The first-order chi connectivity index (χ1) is 10.3. The summed E-state index contributed by atoms with van der Waals surface area (Å²) in [5.74, 6) is -0.342. The third-order valence-electron chi connectivity index (χ3n) is 2.38.